The fourth-order valence-corrected chi connectivity index (χ4v) is 1.69. The van der Waals surface area contributed by atoms with Crippen LogP contribution in [-0.2, 0) is 0 Å². The third kappa shape index (κ3) is 1.20. The van der Waals surface area contributed by atoms with Gasteiger partial charge >= 0.3 is 5.97 Å². The number of nitroso groups, excluding NO2 is 1. The van der Waals surface area contributed by atoms with E-state index in [-0.39, 0.29) is 11.4 Å². The molecule has 5 heteroatoms. The van der Waals surface area contributed by atoms with E-state index >= 15 is 0 Å². The summed E-state index contributed by atoms with van der Waals surface area (Å²) in [5, 5.41) is 11.9. The van der Waals surface area contributed by atoms with Crippen molar-refractivity contribution >= 4 is 17.2 Å². The fraction of sp³-hybridized carbons (Fsp3) is 0.100. The first-order chi connectivity index (χ1) is 7.16. The Morgan fingerprint density at radius 1 is 1.47 bits per heavy atom. The molecule has 0 unspecified atom stereocenters. The van der Waals surface area contributed by atoms with Crippen LogP contribution in [0, 0.1) is 11.8 Å². The van der Waals surface area contributed by atoms with Crippen LogP contribution in [-0.4, -0.2) is 15.5 Å². The molecule has 0 fully saturated rings. The van der Waals surface area contributed by atoms with Crippen molar-refractivity contribution in [1.82, 2.24) is 4.40 Å². The van der Waals surface area contributed by atoms with Crippen molar-refractivity contribution in [2.24, 2.45) is 5.18 Å². The summed E-state index contributed by atoms with van der Waals surface area (Å²) in [7, 11) is 0. The van der Waals surface area contributed by atoms with Gasteiger partial charge in [-0.1, -0.05) is 6.07 Å². The van der Waals surface area contributed by atoms with Crippen LogP contribution in [0.25, 0.3) is 5.52 Å². The minimum Gasteiger partial charge on any atom is -0.477 e. The molecule has 0 aliphatic rings. The molecule has 0 atom stereocenters. The Balaban J connectivity index is 2.97. The summed E-state index contributed by atoms with van der Waals surface area (Å²) in [4.78, 5) is 21.6. The quantitative estimate of drug-likeness (QED) is 0.763. The summed E-state index contributed by atoms with van der Waals surface area (Å²) in [6.45, 7) is 1.58. The fourth-order valence-electron chi connectivity index (χ4n) is 1.69. The number of nitrogens with zero attached hydrogens (tertiary/aromatic N) is 2. The Morgan fingerprint density at radius 2 is 2.20 bits per heavy atom. The Kier molecular flexibility index (Phi) is 2.00. The van der Waals surface area contributed by atoms with Gasteiger partial charge in [0.25, 0.3) is 0 Å². The summed E-state index contributed by atoms with van der Waals surface area (Å²) < 4.78 is 1.45. The average molecular weight is 204 g/mol. The number of aromatic nitrogens is 1. The van der Waals surface area contributed by atoms with Crippen LogP contribution >= 0.6 is 0 Å². The molecule has 2 aromatic rings. The number of hydrogen-bond donors (Lipinski definition) is 1. The number of fused-ring (bicyclic) bond motifs is 1. The number of carboxylic acids is 1. The summed E-state index contributed by atoms with van der Waals surface area (Å²) in [6.07, 6.45) is 1.60. The molecule has 2 heterocycles. The second kappa shape index (κ2) is 3.20. The maximum absolute atomic E-state index is 11.0. The summed E-state index contributed by atoms with van der Waals surface area (Å²) in [5.41, 5.74) is 1.18. The Hall–Kier alpha value is -2.17. The van der Waals surface area contributed by atoms with Crippen LogP contribution in [0.1, 0.15) is 16.1 Å². The van der Waals surface area contributed by atoms with E-state index in [1.807, 2.05) is 0 Å². The van der Waals surface area contributed by atoms with E-state index in [2.05, 4.69) is 5.18 Å². The molecule has 0 aliphatic heterocycles. The standard InChI is InChI=1S/C10H8N2O3/c1-6-8(11-15)7-4-2-3-5-12(7)9(6)10(13)14/h2-5H,1H3,(H,13,14). The molecule has 0 radical (unpaired) electrons. The molecule has 2 aromatic heterocycles. The Morgan fingerprint density at radius 3 is 2.80 bits per heavy atom. The molecule has 0 saturated heterocycles. The van der Waals surface area contributed by atoms with Gasteiger partial charge < -0.3 is 9.51 Å². The Bertz CT molecular complexity index is 557. The van der Waals surface area contributed by atoms with E-state index in [1.54, 1.807) is 31.3 Å². The topological polar surface area (TPSA) is 71.1 Å². The van der Waals surface area contributed by atoms with E-state index < -0.39 is 5.97 Å². The summed E-state index contributed by atoms with van der Waals surface area (Å²) in [5.74, 6) is -1.07. The highest BCUT2D eigenvalue weighted by Crippen LogP contribution is 2.30. The van der Waals surface area contributed by atoms with Crippen LogP contribution in [0.4, 0.5) is 5.69 Å². The summed E-state index contributed by atoms with van der Waals surface area (Å²) >= 11 is 0. The van der Waals surface area contributed by atoms with Crippen molar-refractivity contribution in [3.8, 4) is 0 Å². The number of carboxylic acid groups (broad SMARTS) is 1. The number of hydrogen-bond acceptors (Lipinski definition) is 3. The van der Waals surface area contributed by atoms with Gasteiger partial charge in [0.15, 0.2) is 0 Å². The van der Waals surface area contributed by atoms with Crippen LogP contribution < -0.4 is 0 Å². The zero-order chi connectivity index (χ0) is 11.0. The lowest BCUT2D eigenvalue weighted by atomic mass is 10.2. The number of carbonyl (C=O) groups is 1. The predicted molar refractivity (Wildman–Crippen MR) is 54.5 cm³/mol. The maximum Gasteiger partial charge on any atom is 0.353 e. The van der Waals surface area contributed by atoms with Crippen molar-refractivity contribution in [2.75, 3.05) is 0 Å². The Labute approximate surface area is 84.9 Å². The van der Waals surface area contributed by atoms with Gasteiger partial charge in [-0.2, -0.15) is 0 Å². The largest absolute Gasteiger partial charge is 0.477 e. The van der Waals surface area contributed by atoms with Crippen molar-refractivity contribution in [2.45, 2.75) is 6.92 Å². The van der Waals surface area contributed by atoms with Gasteiger partial charge in [0.2, 0.25) is 0 Å². The lowest BCUT2D eigenvalue weighted by Crippen LogP contribution is -2.02. The molecular formula is C10H8N2O3. The van der Waals surface area contributed by atoms with E-state index in [4.69, 9.17) is 5.11 Å². The highest BCUT2D eigenvalue weighted by molar-refractivity contribution is 5.94. The van der Waals surface area contributed by atoms with Gasteiger partial charge in [0.05, 0.1) is 5.52 Å². The minimum absolute atomic E-state index is 0.0835. The first-order valence-electron chi connectivity index (χ1n) is 4.33. The molecule has 0 aromatic carbocycles. The van der Waals surface area contributed by atoms with Crippen molar-refractivity contribution in [1.29, 1.82) is 0 Å². The highest BCUT2D eigenvalue weighted by Gasteiger charge is 2.19. The molecule has 2 rings (SSSR count). The number of aromatic carboxylic acids is 1. The SMILES string of the molecule is Cc1c(N=O)c2ccccn2c1C(=O)O. The zero-order valence-corrected chi connectivity index (χ0v) is 7.97. The van der Waals surface area contributed by atoms with Gasteiger partial charge in [0.1, 0.15) is 11.4 Å². The molecule has 0 bridgehead atoms. The lowest BCUT2D eigenvalue weighted by molar-refractivity contribution is 0.0688. The smallest absolute Gasteiger partial charge is 0.353 e. The minimum atomic E-state index is -1.07. The third-order valence-electron chi connectivity index (χ3n) is 2.35. The maximum atomic E-state index is 11.0. The second-order valence-corrected chi connectivity index (χ2v) is 3.17. The third-order valence-corrected chi connectivity index (χ3v) is 2.35. The van der Waals surface area contributed by atoms with E-state index in [1.165, 1.54) is 4.40 Å². The zero-order valence-electron chi connectivity index (χ0n) is 7.97. The van der Waals surface area contributed by atoms with Crippen LogP contribution in [0.2, 0.25) is 0 Å². The first kappa shape index (κ1) is 9.39. The van der Waals surface area contributed by atoms with Crippen LogP contribution in [0.5, 0.6) is 0 Å². The second-order valence-electron chi connectivity index (χ2n) is 3.17. The van der Waals surface area contributed by atoms with E-state index in [0.29, 0.717) is 11.1 Å². The van der Waals surface area contributed by atoms with Gasteiger partial charge in [-0.25, -0.2) is 4.79 Å². The molecule has 15 heavy (non-hydrogen) atoms. The van der Waals surface area contributed by atoms with E-state index in [0.717, 1.165) is 0 Å². The first-order valence-corrected chi connectivity index (χ1v) is 4.33. The molecule has 5 nitrogen and oxygen atoms in total. The normalized spacial score (nSPS) is 10.5. The monoisotopic (exact) mass is 204 g/mol. The number of rotatable bonds is 2. The van der Waals surface area contributed by atoms with Crippen molar-refractivity contribution < 1.29 is 9.90 Å². The van der Waals surface area contributed by atoms with Gasteiger partial charge in [0, 0.05) is 11.8 Å². The molecule has 76 valence electrons. The average Bonchev–Trinajstić information content (AvgIpc) is 2.49. The number of pyridine rings is 1. The van der Waals surface area contributed by atoms with Gasteiger partial charge in [-0.15, -0.1) is 4.91 Å². The van der Waals surface area contributed by atoms with Crippen molar-refractivity contribution in [3.05, 3.63) is 40.6 Å². The van der Waals surface area contributed by atoms with Gasteiger partial charge in [-0.05, 0) is 24.2 Å². The van der Waals surface area contributed by atoms with Crippen LogP contribution in [0.15, 0.2) is 29.6 Å². The van der Waals surface area contributed by atoms with E-state index in [9.17, 15) is 9.70 Å². The van der Waals surface area contributed by atoms with Crippen molar-refractivity contribution in [3.63, 3.8) is 0 Å². The summed E-state index contributed by atoms with van der Waals surface area (Å²) in [6, 6.07) is 5.10. The lowest BCUT2D eigenvalue weighted by Gasteiger charge is -1.96. The molecular weight excluding hydrogens is 196 g/mol. The molecule has 0 aliphatic carbocycles. The predicted octanol–water partition coefficient (Wildman–Crippen LogP) is 2.34. The molecule has 0 spiro atoms. The highest BCUT2D eigenvalue weighted by atomic mass is 16.4. The van der Waals surface area contributed by atoms with Gasteiger partial charge in [-0.3, -0.25) is 0 Å². The molecule has 1 N–H and O–H groups in total. The van der Waals surface area contributed by atoms with Crippen LogP contribution in [0.3, 0.4) is 0 Å². The molecule has 0 saturated carbocycles. The molecule has 0 amide bonds.